The molecule has 1 fully saturated rings. The van der Waals surface area contributed by atoms with Crippen LogP contribution in [0.1, 0.15) is 23.2 Å². The van der Waals surface area contributed by atoms with E-state index in [9.17, 15) is 14.4 Å². The number of rotatable bonds is 6. The van der Waals surface area contributed by atoms with Crippen molar-refractivity contribution >= 4 is 29.7 Å². The van der Waals surface area contributed by atoms with Gasteiger partial charge in [0, 0.05) is 24.3 Å². The van der Waals surface area contributed by atoms with Gasteiger partial charge in [-0.25, -0.2) is 9.59 Å². The highest BCUT2D eigenvalue weighted by atomic mass is 32.2. The van der Waals surface area contributed by atoms with E-state index in [1.54, 1.807) is 12.1 Å². The maximum Gasteiger partial charge on any atom is 0.339 e. The first kappa shape index (κ1) is 18.3. The van der Waals surface area contributed by atoms with Gasteiger partial charge in [0.15, 0.2) is 6.61 Å². The second-order valence-electron chi connectivity index (χ2n) is 5.15. The standard InChI is InChI=1S/C16H20N2O5S/c1-17-16(21)18-14(19)9-23-15(20)12-6-2-3-7-13(12)24-10-11-5-4-8-22-11/h2-3,6-7,11H,4-5,8-10H2,1H3,(H2,17,18,19,21)/t11-/m1/s1. The highest BCUT2D eigenvalue weighted by molar-refractivity contribution is 7.99. The summed E-state index contributed by atoms with van der Waals surface area (Å²) >= 11 is 1.53. The highest BCUT2D eigenvalue weighted by Gasteiger charge is 2.19. The fourth-order valence-corrected chi connectivity index (χ4v) is 3.26. The lowest BCUT2D eigenvalue weighted by Gasteiger charge is -2.12. The van der Waals surface area contributed by atoms with Gasteiger partial charge in [0.05, 0.1) is 11.7 Å². The Morgan fingerprint density at radius 1 is 1.33 bits per heavy atom. The zero-order valence-corrected chi connectivity index (χ0v) is 14.2. The Balaban J connectivity index is 1.88. The van der Waals surface area contributed by atoms with Crippen LogP contribution in [-0.2, 0) is 14.3 Å². The SMILES string of the molecule is CNC(=O)NC(=O)COC(=O)c1ccccc1SC[C@H]1CCCO1. The van der Waals surface area contributed by atoms with Gasteiger partial charge in [-0.05, 0) is 25.0 Å². The molecule has 0 unspecified atom stereocenters. The molecule has 1 atom stereocenters. The first-order chi connectivity index (χ1) is 11.6. The lowest BCUT2D eigenvalue weighted by molar-refractivity contribution is -0.123. The van der Waals surface area contributed by atoms with E-state index in [2.05, 4.69) is 5.32 Å². The average Bonchev–Trinajstić information content (AvgIpc) is 3.11. The number of benzene rings is 1. The van der Waals surface area contributed by atoms with Gasteiger partial charge in [-0.3, -0.25) is 10.1 Å². The summed E-state index contributed by atoms with van der Waals surface area (Å²) in [7, 11) is 1.39. The zero-order chi connectivity index (χ0) is 17.4. The van der Waals surface area contributed by atoms with Crippen molar-refractivity contribution in [3.8, 4) is 0 Å². The number of thioether (sulfide) groups is 1. The van der Waals surface area contributed by atoms with Crippen LogP contribution < -0.4 is 10.6 Å². The summed E-state index contributed by atoms with van der Waals surface area (Å²) in [5, 5.41) is 4.27. The number of hydrogen-bond donors (Lipinski definition) is 2. The molecular weight excluding hydrogens is 332 g/mol. The van der Waals surface area contributed by atoms with Crippen LogP contribution in [0.25, 0.3) is 0 Å². The normalized spacial score (nSPS) is 16.5. The van der Waals surface area contributed by atoms with E-state index in [1.165, 1.54) is 18.8 Å². The lowest BCUT2D eigenvalue weighted by Crippen LogP contribution is -2.39. The van der Waals surface area contributed by atoms with Crippen LogP contribution in [0.3, 0.4) is 0 Å². The minimum atomic E-state index is -0.688. The number of urea groups is 1. The number of carbonyl (C=O) groups excluding carboxylic acids is 3. The molecule has 2 N–H and O–H groups in total. The molecule has 1 saturated heterocycles. The molecule has 130 valence electrons. The molecule has 3 amide bonds. The molecule has 8 heteroatoms. The summed E-state index contributed by atoms with van der Waals surface area (Å²) in [6, 6.07) is 6.41. The second kappa shape index (κ2) is 9.29. The van der Waals surface area contributed by atoms with Crippen molar-refractivity contribution in [1.29, 1.82) is 0 Å². The predicted octanol–water partition coefficient (Wildman–Crippen LogP) is 1.57. The Morgan fingerprint density at radius 3 is 2.83 bits per heavy atom. The molecule has 0 aliphatic carbocycles. The summed E-state index contributed by atoms with van der Waals surface area (Å²) in [5.74, 6) is -0.522. The molecule has 1 heterocycles. The molecule has 1 aliphatic rings. The van der Waals surface area contributed by atoms with Gasteiger partial charge < -0.3 is 14.8 Å². The Hall–Kier alpha value is -2.06. The molecule has 0 saturated carbocycles. The van der Waals surface area contributed by atoms with Crippen molar-refractivity contribution in [3.05, 3.63) is 29.8 Å². The van der Waals surface area contributed by atoms with Gasteiger partial charge in [0.1, 0.15) is 0 Å². The molecule has 0 aromatic heterocycles. The van der Waals surface area contributed by atoms with Crippen LogP contribution >= 0.6 is 11.8 Å². The molecule has 0 spiro atoms. The zero-order valence-electron chi connectivity index (χ0n) is 13.4. The molecule has 0 bridgehead atoms. The van der Waals surface area contributed by atoms with Crippen molar-refractivity contribution in [2.45, 2.75) is 23.8 Å². The van der Waals surface area contributed by atoms with Crippen LogP contribution in [0.4, 0.5) is 4.79 Å². The summed E-state index contributed by atoms with van der Waals surface area (Å²) < 4.78 is 10.5. The highest BCUT2D eigenvalue weighted by Crippen LogP contribution is 2.27. The molecule has 24 heavy (non-hydrogen) atoms. The van der Waals surface area contributed by atoms with Crippen LogP contribution in [0.15, 0.2) is 29.2 Å². The number of carbonyl (C=O) groups is 3. The van der Waals surface area contributed by atoms with E-state index in [0.29, 0.717) is 5.56 Å². The molecule has 1 aromatic carbocycles. The van der Waals surface area contributed by atoms with Crippen molar-refractivity contribution < 1.29 is 23.9 Å². The number of amides is 3. The Kier molecular flexibility index (Phi) is 7.07. The first-order valence-corrected chi connectivity index (χ1v) is 8.61. The third-order valence-electron chi connectivity index (χ3n) is 3.37. The number of hydrogen-bond acceptors (Lipinski definition) is 6. The quantitative estimate of drug-likeness (QED) is 0.596. The van der Waals surface area contributed by atoms with Crippen molar-refractivity contribution in [2.24, 2.45) is 0 Å². The first-order valence-electron chi connectivity index (χ1n) is 7.62. The van der Waals surface area contributed by atoms with E-state index in [0.717, 1.165) is 30.1 Å². The molecule has 7 nitrogen and oxygen atoms in total. The van der Waals surface area contributed by atoms with Gasteiger partial charge in [0.2, 0.25) is 0 Å². The maximum absolute atomic E-state index is 12.2. The summed E-state index contributed by atoms with van der Waals surface area (Å²) in [6.45, 7) is 0.270. The lowest BCUT2D eigenvalue weighted by atomic mass is 10.2. The van der Waals surface area contributed by atoms with Crippen molar-refractivity contribution in [2.75, 3.05) is 26.0 Å². The predicted molar refractivity (Wildman–Crippen MR) is 89.0 cm³/mol. The van der Waals surface area contributed by atoms with Gasteiger partial charge >= 0.3 is 12.0 Å². The van der Waals surface area contributed by atoms with Crippen molar-refractivity contribution in [3.63, 3.8) is 0 Å². The second-order valence-corrected chi connectivity index (χ2v) is 6.21. The third-order valence-corrected chi connectivity index (χ3v) is 4.58. The Labute approximate surface area is 144 Å². The van der Waals surface area contributed by atoms with Crippen LogP contribution in [-0.4, -0.2) is 50.0 Å². The number of nitrogens with one attached hydrogen (secondary N) is 2. The fourth-order valence-electron chi connectivity index (χ4n) is 2.15. The third kappa shape index (κ3) is 5.54. The van der Waals surface area contributed by atoms with Crippen molar-refractivity contribution in [1.82, 2.24) is 10.6 Å². The van der Waals surface area contributed by atoms with E-state index < -0.39 is 24.5 Å². The smallest absolute Gasteiger partial charge is 0.339 e. The molecular formula is C16H20N2O5S. The van der Waals surface area contributed by atoms with Crippen LogP contribution in [0, 0.1) is 0 Å². The van der Waals surface area contributed by atoms with Gasteiger partial charge in [-0.15, -0.1) is 11.8 Å². The number of imide groups is 1. The molecule has 2 rings (SSSR count). The van der Waals surface area contributed by atoms with E-state index in [1.807, 2.05) is 17.4 Å². The summed E-state index contributed by atoms with van der Waals surface area (Å²) in [6.07, 6.45) is 2.30. The van der Waals surface area contributed by atoms with E-state index in [-0.39, 0.29) is 6.10 Å². The summed E-state index contributed by atoms with van der Waals surface area (Å²) in [5.41, 5.74) is 0.397. The van der Waals surface area contributed by atoms with Crippen LogP contribution in [0.5, 0.6) is 0 Å². The molecule has 0 radical (unpaired) electrons. The number of esters is 1. The number of ether oxygens (including phenoxy) is 2. The Bertz CT molecular complexity index is 602. The fraction of sp³-hybridized carbons (Fsp3) is 0.438. The summed E-state index contributed by atoms with van der Waals surface area (Å²) in [4.78, 5) is 35.4. The minimum absolute atomic E-state index is 0.206. The van der Waals surface area contributed by atoms with E-state index in [4.69, 9.17) is 9.47 Å². The topological polar surface area (TPSA) is 93.7 Å². The average molecular weight is 352 g/mol. The molecule has 1 aromatic rings. The largest absolute Gasteiger partial charge is 0.452 e. The maximum atomic E-state index is 12.2. The van der Waals surface area contributed by atoms with Gasteiger partial charge in [-0.1, -0.05) is 12.1 Å². The van der Waals surface area contributed by atoms with Gasteiger partial charge in [0.25, 0.3) is 5.91 Å². The minimum Gasteiger partial charge on any atom is -0.452 e. The molecule has 1 aliphatic heterocycles. The van der Waals surface area contributed by atoms with E-state index >= 15 is 0 Å². The van der Waals surface area contributed by atoms with Crippen LogP contribution in [0.2, 0.25) is 0 Å². The Morgan fingerprint density at radius 2 is 2.12 bits per heavy atom. The van der Waals surface area contributed by atoms with Gasteiger partial charge in [-0.2, -0.15) is 0 Å². The monoisotopic (exact) mass is 352 g/mol.